The molecule has 10 heteroatoms. The predicted molar refractivity (Wildman–Crippen MR) is 73.6 cm³/mol. The lowest BCUT2D eigenvalue weighted by Gasteiger charge is -2.23. The number of alkyl halides is 3. The topological polar surface area (TPSA) is 63.4 Å². The van der Waals surface area contributed by atoms with Gasteiger partial charge < -0.3 is 5.73 Å². The minimum Gasteiger partial charge on any atom is -0.398 e. The van der Waals surface area contributed by atoms with Gasteiger partial charge >= 0.3 is 6.18 Å². The second kappa shape index (κ2) is 6.49. The van der Waals surface area contributed by atoms with E-state index in [1.807, 2.05) is 0 Å². The van der Waals surface area contributed by atoms with Gasteiger partial charge in [0.1, 0.15) is 17.3 Å². The Hall–Kier alpha value is -0.870. The fourth-order valence-electron chi connectivity index (χ4n) is 1.62. The van der Waals surface area contributed by atoms with E-state index in [9.17, 15) is 26.0 Å². The van der Waals surface area contributed by atoms with Crippen LogP contribution in [-0.4, -0.2) is 32.0 Å². The quantitative estimate of drug-likeness (QED) is 0.618. The van der Waals surface area contributed by atoms with Gasteiger partial charge in [0.15, 0.2) is 0 Å². The van der Waals surface area contributed by atoms with Crippen LogP contribution in [-0.2, 0) is 10.0 Å². The first kappa shape index (κ1) is 18.2. The number of nitrogens with zero attached hydrogens (tertiary/aromatic N) is 1. The number of nitrogens with two attached hydrogens (primary N) is 1. The zero-order valence-corrected chi connectivity index (χ0v) is 13.3. The molecule has 0 bridgehead atoms. The van der Waals surface area contributed by atoms with E-state index in [-0.39, 0.29) is 27.4 Å². The Labute approximate surface area is 128 Å². The Balaban J connectivity index is 3.32. The van der Waals surface area contributed by atoms with Crippen molar-refractivity contribution in [1.29, 1.82) is 0 Å². The summed E-state index contributed by atoms with van der Waals surface area (Å²) in [4.78, 5) is -0.874. The fourth-order valence-corrected chi connectivity index (χ4v) is 3.53. The van der Waals surface area contributed by atoms with Gasteiger partial charge in [0.05, 0.1) is 0 Å². The molecule has 0 unspecified atom stereocenters. The van der Waals surface area contributed by atoms with E-state index < -0.39 is 33.5 Å². The summed E-state index contributed by atoms with van der Waals surface area (Å²) in [5.74, 6) is -1.17. The van der Waals surface area contributed by atoms with Crippen molar-refractivity contribution in [2.24, 2.45) is 0 Å². The van der Waals surface area contributed by atoms with Gasteiger partial charge in [-0.15, -0.1) is 0 Å². The molecule has 0 heterocycles. The fraction of sp³-hybridized carbons (Fsp3) is 0.455. The highest BCUT2D eigenvalue weighted by atomic mass is 79.9. The van der Waals surface area contributed by atoms with Crippen molar-refractivity contribution < 1.29 is 26.0 Å². The number of nitrogen functional groups attached to an aromatic ring is 1. The van der Waals surface area contributed by atoms with E-state index in [1.165, 1.54) is 6.92 Å². The van der Waals surface area contributed by atoms with Gasteiger partial charge in [0.25, 0.3) is 0 Å². The molecule has 4 nitrogen and oxygen atoms in total. The first-order chi connectivity index (χ1) is 9.49. The second-order valence-electron chi connectivity index (χ2n) is 4.26. The molecule has 21 heavy (non-hydrogen) atoms. The number of rotatable bonds is 5. The molecule has 0 fully saturated rings. The molecule has 1 aromatic carbocycles. The number of anilines is 1. The largest absolute Gasteiger partial charge is 0.402 e. The zero-order chi connectivity index (χ0) is 16.4. The molecule has 0 saturated heterocycles. The lowest BCUT2D eigenvalue weighted by molar-refractivity contribution is -0.136. The molecule has 0 aromatic heterocycles. The molecular weight excluding hydrogens is 380 g/mol. The third-order valence-electron chi connectivity index (χ3n) is 2.50. The number of hydrogen-bond acceptors (Lipinski definition) is 3. The van der Waals surface area contributed by atoms with Crippen molar-refractivity contribution in [3.63, 3.8) is 0 Å². The van der Waals surface area contributed by atoms with Gasteiger partial charge in [-0.05, 0) is 34.5 Å². The van der Waals surface area contributed by atoms with Crippen LogP contribution in [0.3, 0.4) is 0 Å². The number of hydrogen-bond donors (Lipinski definition) is 1. The van der Waals surface area contributed by atoms with Crippen LogP contribution in [0.4, 0.5) is 23.2 Å². The second-order valence-corrected chi connectivity index (χ2v) is 7.02. The lowest BCUT2D eigenvalue weighted by atomic mass is 10.3. The molecule has 2 N–H and O–H groups in total. The summed E-state index contributed by atoms with van der Waals surface area (Å²) >= 11 is 2.91. The van der Waals surface area contributed by atoms with Crippen LogP contribution < -0.4 is 5.73 Å². The molecule has 0 saturated carbocycles. The molecule has 120 valence electrons. The molecular formula is C11H13BrF4N2O2S. The van der Waals surface area contributed by atoms with Crippen molar-refractivity contribution in [3.8, 4) is 0 Å². The lowest BCUT2D eigenvalue weighted by Crippen LogP contribution is -2.39. The van der Waals surface area contributed by atoms with Crippen LogP contribution in [0.2, 0.25) is 0 Å². The number of halogens is 5. The van der Waals surface area contributed by atoms with Crippen molar-refractivity contribution in [1.82, 2.24) is 4.31 Å². The number of sulfonamides is 1. The van der Waals surface area contributed by atoms with E-state index in [0.29, 0.717) is 0 Å². The smallest absolute Gasteiger partial charge is 0.398 e. The van der Waals surface area contributed by atoms with E-state index in [0.717, 1.165) is 12.1 Å². The molecule has 0 amide bonds. The molecule has 1 rings (SSSR count). The maximum Gasteiger partial charge on any atom is 0.402 e. The maximum absolute atomic E-state index is 13.8. The monoisotopic (exact) mass is 392 g/mol. The van der Waals surface area contributed by atoms with E-state index in [1.54, 1.807) is 0 Å². The average Bonchev–Trinajstić information content (AvgIpc) is 2.31. The van der Waals surface area contributed by atoms with Gasteiger partial charge in [-0.25, -0.2) is 12.8 Å². The van der Waals surface area contributed by atoms with E-state index >= 15 is 0 Å². The van der Waals surface area contributed by atoms with Gasteiger partial charge in [-0.3, -0.25) is 0 Å². The molecule has 0 spiro atoms. The van der Waals surface area contributed by atoms with Crippen molar-refractivity contribution >= 4 is 31.6 Å². The zero-order valence-electron chi connectivity index (χ0n) is 10.9. The Morgan fingerprint density at radius 1 is 1.33 bits per heavy atom. The van der Waals surface area contributed by atoms with Crippen LogP contribution in [0.25, 0.3) is 0 Å². The molecule has 0 aliphatic rings. The summed E-state index contributed by atoms with van der Waals surface area (Å²) in [6, 6.07) is 1.60. The summed E-state index contributed by atoms with van der Waals surface area (Å²) in [6.07, 6.45) is -4.57. The van der Waals surface area contributed by atoms with Gasteiger partial charge in [-0.2, -0.15) is 17.5 Å². The van der Waals surface area contributed by atoms with E-state index in [2.05, 4.69) is 15.9 Å². The van der Waals surface area contributed by atoms with Crippen molar-refractivity contribution in [2.45, 2.75) is 24.4 Å². The Bertz CT molecular complexity index is 619. The summed E-state index contributed by atoms with van der Waals surface area (Å²) in [7, 11) is -4.63. The molecule has 0 aliphatic heterocycles. The normalized spacial score (nSPS) is 12.9. The maximum atomic E-state index is 13.8. The van der Waals surface area contributed by atoms with Gasteiger partial charge in [0, 0.05) is 16.7 Å². The predicted octanol–water partition coefficient (Wildman–Crippen LogP) is 3.13. The van der Waals surface area contributed by atoms with Crippen molar-refractivity contribution in [3.05, 3.63) is 22.4 Å². The minimum absolute atomic E-state index is 0.0848. The van der Waals surface area contributed by atoms with Gasteiger partial charge in [0.2, 0.25) is 10.0 Å². The van der Waals surface area contributed by atoms with Crippen LogP contribution in [0.15, 0.2) is 21.5 Å². The molecule has 0 radical (unpaired) electrons. The third-order valence-corrected chi connectivity index (χ3v) is 5.04. The minimum atomic E-state index is -4.72. The van der Waals surface area contributed by atoms with Crippen molar-refractivity contribution in [2.75, 3.05) is 18.8 Å². The summed E-state index contributed by atoms with van der Waals surface area (Å²) in [5.41, 5.74) is 5.38. The highest BCUT2D eigenvalue weighted by Crippen LogP contribution is 2.29. The molecule has 0 atom stereocenters. The average molecular weight is 393 g/mol. The van der Waals surface area contributed by atoms with Gasteiger partial charge in [-0.1, -0.05) is 6.92 Å². The van der Waals surface area contributed by atoms with Crippen LogP contribution >= 0.6 is 15.9 Å². The first-order valence-corrected chi connectivity index (χ1v) is 8.03. The van der Waals surface area contributed by atoms with Crippen LogP contribution in [0.5, 0.6) is 0 Å². The Morgan fingerprint density at radius 2 is 1.90 bits per heavy atom. The van der Waals surface area contributed by atoms with Crippen LogP contribution in [0, 0.1) is 5.82 Å². The van der Waals surface area contributed by atoms with Crippen LogP contribution in [0.1, 0.15) is 13.3 Å². The summed E-state index contributed by atoms with van der Waals surface area (Å²) in [5, 5.41) is 0. The summed E-state index contributed by atoms with van der Waals surface area (Å²) in [6.45, 7) is -0.541. The summed E-state index contributed by atoms with van der Waals surface area (Å²) < 4.78 is 76.0. The SMILES string of the molecule is CCCN(CC(F)(F)F)S(=O)(=O)c1cc(N)c(Br)cc1F. The van der Waals surface area contributed by atoms with E-state index in [4.69, 9.17) is 5.73 Å². The Morgan fingerprint density at radius 3 is 2.38 bits per heavy atom. The Kier molecular flexibility index (Phi) is 5.62. The standard InChI is InChI=1S/C11H13BrF4N2O2S/c1-2-3-18(6-11(14,15)16)21(19,20)10-5-9(17)7(12)4-8(10)13/h4-5H,2-3,6,17H2,1H3. The first-order valence-electron chi connectivity index (χ1n) is 5.80. The molecule has 1 aromatic rings. The number of benzene rings is 1. The highest BCUT2D eigenvalue weighted by Gasteiger charge is 2.37. The molecule has 0 aliphatic carbocycles. The third kappa shape index (κ3) is 4.55. The highest BCUT2D eigenvalue weighted by molar-refractivity contribution is 9.10.